The Bertz CT molecular complexity index is 339. The molecule has 0 rings (SSSR count). The number of sulfonamides is 1. The molecule has 0 aliphatic carbocycles. The van der Waals surface area contributed by atoms with E-state index in [1.165, 1.54) is 6.92 Å². The normalized spacial score (nSPS) is 11.5. The van der Waals surface area contributed by atoms with Crippen molar-refractivity contribution < 1.29 is 26.7 Å². The molecule has 0 saturated carbocycles. The van der Waals surface area contributed by atoms with E-state index in [1.807, 2.05) is 0 Å². The summed E-state index contributed by atoms with van der Waals surface area (Å²) in [6, 6.07) is 0. The van der Waals surface area contributed by atoms with E-state index in [9.17, 15) is 22.0 Å². The Labute approximate surface area is 86.2 Å². The number of nitrogens with one attached hydrogen (secondary N) is 1. The third-order valence-electron chi connectivity index (χ3n) is 1.22. The molecule has 0 saturated heterocycles. The first-order valence-corrected chi connectivity index (χ1v) is 5.41. The first kappa shape index (κ1) is 14.0. The third-order valence-corrected chi connectivity index (χ3v) is 2.30. The summed E-state index contributed by atoms with van der Waals surface area (Å²) in [6.45, 7) is 3.97. The molecule has 0 bridgehead atoms. The van der Waals surface area contributed by atoms with Crippen LogP contribution in [0.25, 0.3) is 0 Å². The van der Waals surface area contributed by atoms with E-state index in [0.29, 0.717) is 0 Å². The standard InChI is InChI=1S/C7H11F2NO4S/c1-5(2)6(11)14-4-3-10-15(12,13)7(8)9/h7,10H,1,3-4H2,2H3. The van der Waals surface area contributed by atoms with Crippen molar-refractivity contribution in [3.8, 4) is 0 Å². The summed E-state index contributed by atoms with van der Waals surface area (Å²) in [5.41, 5.74) is 0.145. The first-order chi connectivity index (χ1) is 6.77. The number of ether oxygens (including phenoxy) is 1. The largest absolute Gasteiger partial charge is 0.461 e. The summed E-state index contributed by atoms with van der Waals surface area (Å²) in [5, 5.41) is 0. The van der Waals surface area contributed by atoms with Crippen LogP contribution in [0.5, 0.6) is 0 Å². The smallest absolute Gasteiger partial charge is 0.350 e. The van der Waals surface area contributed by atoms with Gasteiger partial charge in [0.2, 0.25) is 0 Å². The summed E-state index contributed by atoms with van der Waals surface area (Å²) < 4.78 is 50.5. The van der Waals surface area contributed by atoms with Gasteiger partial charge >= 0.3 is 11.7 Å². The Morgan fingerprint density at radius 2 is 2.07 bits per heavy atom. The molecule has 88 valence electrons. The van der Waals surface area contributed by atoms with Crippen molar-refractivity contribution in [2.75, 3.05) is 13.2 Å². The Kier molecular flexibility index (Phi) is 5.37. The van der Waals surface area contributed by atoms with Crippen LogP contribution in [0.4, 0.5) is 8.78 Å². The van der Waals surface area contributed by atoms with Crippen LogP contribution in [0.15, 0.2) is 12.2 Å². The minimum atomic E-state index is -4.61. The van der Waals surface area contributed by atoms with Gasteiger partial charge in [0.25, 0.3) is 10.0 Å². The number of alkyl halides is 2. The second-order valence-electron chi connectivity index (χ2n) is 2.62. The Hall–Kier alpha value is -1.02. The summed E-state index contributed by atoms with van der Waals surface area (Å²) in [4.78, 5) is 10.8. The topological polar surface area (TPSA) is 72.5 Å². The van der Waals surface area contributed by atoms with E-state index < -0.39 is 28.3 Å². The highest BCUT2D eigenvalue weighted by atomic mass is 32.2. The number of halogens is 2. The number of carbonyl (C=O) groups is 1. The molecule has 0 aliphatic heterocycles. The van der Waals surface area contributed by atoms with Gasteiger partial charge in [-0.25, -0.2) is 17.9 Å². The second-order valence-corrected chi connectivity index (χ2v) is 4.35. The number of rotatable bonds is 6. The van der Waals surface area contributed by atoms with Gasteiger partial charge in [0, 0.05) is 12.1 Å². The van der Waals surface area contributed by atoms with Gasteiger partial charge in [-0.1, -0.05) is 6.58 Å². The van der Waals surface area contributed by atoms with Gasteiger partial charge in [-0.15, -0.1) is 0 Å². The van der Waals surface area contributed by atoms with Gasteiger partial charge < -0.3 is 4.74 Å². The fourth-order valence-electron chi connectivity index (χ4n) is 0.514. The summed E-state index contributed by atoms with van der Waals surface area (Å²) in [5.74, 6) is -4.19. The molecule has 0 aromatic carbocycles. The van der Waals surface area contributed by atoms with Gasteiger partial charge in [-0.2, -0.15) is 8.78 Å². The average molecular weight is 243 g/mol. The number of hydrogen-bond acceptors (Lipinski definition) is 4. The van der Waals surface area contributed by atoms with E-state index in [1.54, 1.807) is 4.72 Å². The number of hydrogen-bond donors (Lipinski definition) is 1. The SMILES string of the molecule is C=C(C)C(=O)OCCNS(=O)(=O)C(F)F. The maximum atomic E-state index is 11.8. The zero-order valence-corrected chi connectivity index (χ0v) is 8.81. The van der Waals surface area contributed by atoms with E-state index in [4.69, 9.17) is 0 Å². The van der Waals surface area contributed by atoms with Crippen molar-refractivity contribution in [1.82, 2.24) is 4.72 Å². The molecule has 0 spiro atoms. The summed E-state index contributed by atoms with van der Waals surface area (Å²) in [6.07, 6.45) is 0. The molecule has 0 unspecified atom stereocenters. The lowest BCUT2D eigenvalue weighted by Gasteiger charge is -2.06. The quantitative estimate of drug-likeness (QED) is 0.412. The molecular formula is C7H11F2NO4S. The number of esters is 1. The molecule has 0 atom stereocenters. The lowest BCUT2D eigenvalue weighted by Crippen LogP contribution is -2.32. The van der Waals surface area contributed by atoms with E-state index in [0.717, 1.165) is 0 Å². The fraction of sp³-hybridized carbons (Fsp3) is 0.571. The van der Waals surface area contributed by atoms with Crippen LogP contribution < -0.4 is 4.72 Å². The summed E-state index contributed by atoms with van der Waals surface area (Å²) in [7, 11) is -4.61. The highest BCUT2D eigenvalue weighted by Crippen LogP contribution is 2.00. The van der Waals surface area contributed by atoms with Crippen molar-refractivity contribution >= 4 is 16.0 Å². The van der Waals surface area contributed by atoms with Gasteiger partial charge in [0.15, 0.2) is 0 Å². The summed E-state index contributed by atoms with van der Waals surface area (Å²) >= 11 is 0. The molecule has 0 heterocycles. The molecule has 0 radical (unpaired) electrons. The van der Waals surface area contributed by atoms with Crippen LogP contribution in [-0.2, 0) is 19.6 Å². The Balaban J connectivity index is 3.83. The molecule has 0 amide bonds. The average Bonchev–Trinajstić information content (AvgIpc) is 2.11. The fourth-order valence-corrected chi connectivity index (χ4v) is 1.01. The monoisotopic (exact) mass is 243 g/mol. The zero-order chi connectivity index (χ0) is 12.1. The zero-order valence-electron chi connectivity index (χ0n) is 8.00. The molecular weight excluding hydrogens is 232 g/mol. The van der Waals surface area contributed by atoms with Gasteiger partial charge in [-0.3, -0.25) is 0 Å². The maximum Gasteiger partial charge on any atom is 0.350 e. The minimum Gasteiger partial charge on any atom is -0.461 e. The van der Waals surface area contributed by atoms with Crippen molar-refractivity contribution in [1.29, 1.82) is 0 Å². The van der Waals surface area contributed by atoms with Gasteiger partial charge in [-0.05, 0) is 6.92 Å². The van der Waals surface area contributed by atoms with Crippen LogP contribution in [0, 0.1) is 0 Å². The Morgan fingerprint density at radius 3 is 2.47 bits per heavy atom. The Morgan fingerprint density at radius 1 is 1.53 bits per heavy atom. The predicted octanol–water partition coefficient (Wildman–Crippen LogP) is 0.248. The van der Waals surface area contributed by atoms with Crippen LogP contribution in [0.2, 0.25) is 0 Å². The lowest BCUT2D eigenvalue weighted by molar-refractivity contribution is -0.138. The van der Waals surface area contributed by atoms with Crippen LogP contribution in [0.3, 0.4) is 0 Å². The molecule has 8 heteroatoms. The predicted molar refractivity (Wildman–Crippen MR) is 48.7 cm³/mol. The third kappa shape index (κ3) is 5.43. The van der Waals surface area contributed by atoms with Crippen molar-refractivity contribution in [3.63, 3.8) is 0 Å². The van der Waals surface area contributed by atoms with Crippen LogP contribution >= 0.6 is 0 Å². The van der Waals surface area contributed by atoms with Crippen molar-refractivity contribution in [2.45, 2.75) is 12.7 Å². The van der Waals surface area contributed by atoms with Crippen LogP contribution in [-0.4, -0.2) is 33.3 Å². The van der Waals surface area contributed by atoms with Gasteiger partial charge in [0.1, 0.15) is 6.61 Å². The molecule has 5 nitrogen and oxygen atoms in total. The molecule has 0 fully saturated rings. The van der Waals surface area contributed by atoms with Crippen LogP contribution in [0.1, 0.15) is 6.92 Å². The molecule has 0 aliphatic rings. The minimum absolute atomic E-state index is 0.145. The van der Waals surface area contributed by atoms with E-state index in [-0.39, 0.29) is 12.2 Å². The molecule has 0 aromatic rings. The first-order valence-electron chi connectivity index (χ1n) is 3.86. The van der Waals surface area contributed by atoms with E-state index >= 15 is 0 Å². The van der Waals surface area contributed by atoms with Crippen molar-refractivity contribution in [3.05, 3.63) is 12.2 Å². The molecule has 1 N–H and O–H groups in total. The molecule has 15 heavy (non-hydrogen) atoms. The molecule has 0 aromatic heterocycles. The van der Waals surface area contributed by atoms with Crippen molar-refractivity contribution in [2.24, 2.45) is 0 Å². The lowest BCUT2D eigenvalue weighted by atomic mass is 10.4. The number of carbonyl (C=O) groups excluding carboxylic acids is 1. The second kappa shape index (κ2) is 5.76. The maximum absolute atomic E-state index is 11.8. The van der Waals surface area contributed by atoms with Gasteiger partial charge in [0.05, 0.1) is 0 Å². The highest BCUT2D eigenvalue weighted by Gasteiger charge is 2.22. The van der Waals surface area contributed by atoms with E-state index in [2.05, 4.69) is 11.3 Å². The highest BCUT2D eigenvalue weighted by molar-refractivity contribution is 7.89.